The lowest BCUT2D eigenvalue weighted by Crippen LogP contribution is -2.52. The summed E-state index contributed by atoms with van der Waals surface area (Å²) in [5.41, 5.74) is 0.977. The lowest BCUT2D eigenvalue weighted by molar-refractivity contribution is -0.121. The zero-order valence-electron chi connectivity index (χ0n) is 13.8. The van der Waals surface area contributed by atoms with Crippen molar-refractivity contribution in [2.24, 2.45) is 0 Å². The van der Waals surface area contributed by atoms with Gasteiger partial charge >= 0.3 is 6.09 Å². The Hall–Kier alpha value is -2.08. The highest BCUT2D eigenvalue weighted by Gasteiger charge is 2.30. The third-order valence-electron chi connectivity index (χ3n) is 4.40. The maximum Gasteiger partial charge on any atom is 0.407 e. The van der Waals surface area contributed by atoms with Crippen LogP contribution < -0.4 is 16.0 Å². The fraction of sp³-hybridized carbons (Fsp3) is 0.556. The van der Waals surface area contributed by atoms with Crippen molar-refractivity contribution in [3.8, 4) is 0 Å². The molecule has 0 atom stereocenters. The van der Waals surface area contributed by atoms with E-state index < -0.39 is 0 Å². The van der Waals surface area contributed by atoms with Gasteiger partial charge in [0, 0.05) is 31.1 Å². The van der Waals surface area contributed by atoms with Gasteiger partial charge in [-0.05, 0) is 31.2 Å². The molecule has 0 spiro atoms. The van der Waals surface area contributed by atoms with Gasteiger partial charge in [-0.25, -0.2) is 4.79 Å². The highest BCUT2D eigenvalue weighted by atomic mass is 16.5. The van der Waals surface area contributed by atoms with E-state index in [4.69, 9.17) is 4.74 Å². The second-order valence-electron chi connectivity index (χ2n) is 6.62. The SMILES string of the molecule is O=C(CCNC1CC(NC(=O)OCc2ccccc2)C1)NC1CC1. The molecule has 0 bridgehead atoms. The highest BCUT2D eigenvalue weighted by molar-refractivity contribution is 5.76. The Morgan fingerprint density at radius 2 is 1.75 bits per heavy atom. The van der Waals surface area contributed by atoms with Crippen LogP contribution in [0.1, 0.15) is 37.7 Å². The fourth-order valence-corrected chi connectivity index (χ4v) is 2.75. The molecule has 2 saturated carbocycles. The van der Waals surface area contributed by atoms with E-state index in [1.165, 1.54) is 0 Å². The summed E-state index contributed by atoms with van der Waals surface area (Å²) in [5.74, 6) is 0.128. The van der Waals surface area contributed by atoms with Crippen LogP contribution in [-0.2, 0) is 16.1 Å². The molecule has 6 nitrogen and oxygen atoms in total. The molecule has 1 aromatic rings. The topological polar surface area (TPSA) is 79.5 Å². The summed E-state index contributed by atoms with van der Waals surface area (Å²) in [6.07, 6.45) is 4.15. The van der Waals surface area contributed by atoms with Crippen LogP contribution in [-0.4, -0.2) is 36.7 Å². The molecule has 130 valence electrons. The maximum atomic E-state index is 11.7. The molecule has 2 aliphatic rings. The largest absolute Gasteiger partial charge is 0.445 e. The molecule has 3 N–H and O–H groups in total. The Morgan fingerprint density at radius 1 is 1.00 bits per heavy atom. The number of nitrogens with one attached hydrogen (secondary N) is 3. The first-order chi connectivity index (χ1) is 11.7. The molecule has 3 rings (SSSR count). The van der Waals surface area contributed by atoms with Gasteiger partial charge in [-0.1, -0.05) is 30.3 Å². The lowest BCUT2D eigenvalue weighted by Gasteiger charge is -2.36. The second-order valence-corrected chi connectivity index (χ2v) is 6.62. The summed E-state index contributed by atoms with van der Waals surface area (Å²) >= 11 is 0. The van der Waals surface area contributed by atoms with Crippen LogP contribution in [0, 0.1) is 0 Å². The maximum absolute atomic E-state index is 11.7. The van der Waals surface area contributed by atoms with E-state index >= 15 is 0 Å². The van der Waals surface area contributed by atoms with Crippen molar-refractivity contribution in [1.82, 2.24) is 16.0 Å². The van der Waals surface area contributed by atoms with Gasteiger partial charge in [-0.2, -0.15) is 0 Å². The van der Waals surface area contributed by atoms with E-state index in [1.807, 2.05) is 30.3 Å². The van der Waals surface area contributed by atoms with Crippen molar-refractivity contribution >= 4 is 12.0 Å². The van der Waals surface area contributed by atoms with E-state index in [-0.39, 0.29) is 24.6 Å². The van der Waals surface area contributed by atoms with Gasteiger partial charge in [-0.3, -0.25) is 4.79 Å². The molecular weight excluding hydrogens is 306 g/mol. The van der Waals surface area contributed by atoms with Crippen LogP contribution in [0.3, 0.4) is 0 Å². The summed E-state index contributed by atoms with van der Waals surface area (Å²) in [6.45, 7) is 0.978. The van der Waals surface area contributed by atoms with Gasteiger partial charge in [0.05, 0.1) is 0 Å². The monoisotopic (exact) mass is 331 g/mol. The van der Waals surface area contributed by atoms with Gasteiger partial charge in [0.2, 0.25) is 5.91 Å². The number of benzene rings is 1. The van der Waals surface area contributed by atoms with E-state index in [0.29, 0.717) is 25.0 Å². The first-order valence-corrected chi connectivity index (χ1v) is 8.69. The van der Waals surface area contributed by atoms with Crippen LogP contribution in [0.15, 0.2) is 30.3 Å². The number of ether oxygens (including phenoxy) is 1. The summed E-state index contributed by atoms with van der Waals surface area (Å²) < 4.78 is 5.20. The van der Waals surface area contributed by atoms with E-state index in [9.17, 15) is 9.59 Å². The van der Waals surface area contributed by atoms with Gasteiger partial charge in [0.25, 0.3) is 0 Å². The predicted molar refractivity (Wildman–Crippen MR) is 90.4 cm³/mol. The van der Waals surface area contributed by atoms with E-state index in [1.54, 1.807) is 0 Å². The van der Waals surface area contributed by atoms with Crippen molar-refractivity contribution in [2.45, 2.75) is 56.8 Å². The van der Waals surface area contributed by atoms with Crippen molar-refractivity contribution in [3.05, 3.63) is 35.9 Å². The number of alkyl carbamates (subject to hydrolysis) is 1. The number of carbonyl (C=O) groups is 2. The molecular formula is C18H25N3O3. The third-order valence-corrected chi connectivity index (χ3v) is 4.40. The minimum absolute atomic E-state index is 0.128. The van der Waals surface area contributed by atoms with Crippen molar-refractivity contribution in [1.29, 1.82) is 0 Å². The standard InChI is InChI=1S/C18H25N3O3/c22-17(20-14-6-7-14)8-9-19-15-10-16(11-15)21-18(23)24-12-13-4-2-1-3-5-13/h1-5,14-16,19H,6-12H2,(H,20,22)(H,21,23). The van der Waals surface area contributed by atoms with Crippen molar-refractivity contribution in [3.63, 3.8) is 0 Å². The Morgan fingerprint density at radius 3 is 2.46 bits per heavy atom. The summed E-state index contributed by atoms with van der Waals surface area (Å²) in [7, 11) is 0. The molecule has 0 saturated heterocycles. The zero-order chi connectivity index (χ0) is 16.8. The Labute approximate surface area is 142 Å². The molecule has 0 aliphatic heterocycles. The summed E-state index contributed by atoms with van der Waals surface area (Å²) in [4.78, 5) is 23.3. The van der Waals surface area contributed by atoms with Gasteiger partial charge in [-0.15, -0.1) is 0 Å². The fourth-order valence-electron chi connectivity index (χ4n) is 2.75. The van der Waals surface area contributed by atoms with E-state index in [2.05, 4.69) is 16.0 Å². The predicted octanol–water partition coefficient (Wildman–Crippen LogP) is 1.70. The van der Waals surface area contributed by atoms with E-state index in [0.717, 1.165) is 31.2 Å². The minimum atomic E-state index is -0.369. The normalized spacial score (nSPS) is 22.3. The van der Waals surface area contributed by atoms with Gasteiger partial charge < -0.3 is 20.7 Å². The molecule has 0 radical (unpaired) electrons. The number of amides is 2. The first-order valence-electron chi connectivity index (χ1n) is 8.69. The van der Waals surface area contributed by atoms with Crippen molar-refractivity contribution < 1.29 is 14.3 Å². The third kappa shape index (κ3) is 5.53. The minimum Gasteiger partial charge on any atom is -0.445 e. The summed E-state index contributed by atoms with van der Waals surface area (Å²) in [5, 5.41) is 9.20. The van der Waals surface area contributed by atoms with Crippen LogP contribution in [0.5, 0.6) is 0 Å². The number of carbonyl (C=O) groups excluding carboxylic acids is 2. The molecule has 2 aliphatic carbocycles. The molecule has 1 aromatic carbocycles. The highest BCUT2D eigenvalue weighted by Crippen LogP contribution is 2.20. The Kier molecular flexibility index (Phi) is 5.69. The average Bonchev–Trinajstić information content (AvgIpc) is 3.35. The first kappa shape index (κ1) is 16.8. The Balaban J connectivity index is 1.21. The quantitative estimate of drug-likeness (QED) is 0.677. The molecule has 2 fully saturated rings. The second kappa shape index (κ2) is 8.15. The van der Waals surface area contributed by atoms with Gasteiger partial charge in [0.15, 0.2) is 0 Å². The van der Waals surface area contributed by atoms with Crippen molar-refractivity contribution in [2.75, 3.05) is 6.54 Å². The van der Waals surface area contributed by atoms with Crippen LogP contribution in [0.4, 0.5) is 4.79 Å². The molecule has 0 aromatic heterocycles. The summed E-state index contributed by atoms with van der Waals surface area (Å²) in [6, 6.07) is 10.6. The molecule has 6 heteroatoms. The smallest absolute Gasteiger partial charge is 0.407 e. The van der Waals surface area contributed by atoms with Crippen LogP contribution in [0.25, 0.3) is 0 Å². The average molecular weight is 331 g/mol. The van der Waals surface area contributed by atoms with Gasteiger partial charge in [0.1, 0.15) is 6.61 Å². The molecule has 0 heterocycles. The number of hydrogen-bond donors (Lipinski definition) is 3. The lowest BCUT2D eigenvalue weighted by atomic mass is 9.87. The Bertz CT molecular complexity index is 554. The number of rotatable bonds is 8. The molecule has 24 heavy (non-hydrogen) atoms. The molecule has 0 unspecified atom stereocenters. The zero-order valence-corrected chi connectivity index (χ0v) is 13.8. The number of hydrogen-bond acceptors (Lipinski definition) is 4. The van der Waals surface area contributed by atoms with Crippen LogP contribution in [0.2, 0.25) is 0 Å². The van der Waals surface area contributed by atoms with Crippen LogP contribution >= 0.6 is 0 Å². The molecule has 2 amide bonds.